The average Bonchev–Trinajstić information content (AvgIpc) is 3.74. The van der Waals surface area contributed by atoms with Crippen molar-refractivity contribution in [2.24, 2.45) is 5.92 Å². The van der Waals surface area contributed by atoms with Crippen molar-refractivity contribution in [3.05, 3.63) is 105 Å². The Morgan fingerprint density at radius 1 is 1.16 bits per heavy atom. The summed E-state index contributed by atoms with van der Waals surface area (Å²) in [6, 6.07) is 18.1. The van der Waals surface area contributed by atoms with Gasteiger partial charge in [0, 0.05) is 66.2 Å². The van der Waals surface area contributed by atoms with E-state index in [1.807, 2.05) is 0 Å². The molecule has 13 nitrogen and oxygen atoms in total. The Hall–Kier alpha value is -4.99. The van der Waals surface area contributed by atoms with Crippen LogP contribution in [0.15, 0.2) is 72.9 Å². The maximum absolute atomic E-state index is 16.2. The first-order valence-electron chi connectivity index (χ1n) is 16.4. The smallest absolute Gasteiger partial charge is 0.269 e. The molecule has 2 amide bonds. The summed E-state index contributed by atoms with van der Waals surface area (Å²) in [4.78, 5) is 40.4. The number of amides is 2. The number of carbonyl (C=O) groups is 2. The number of nitro groups is 1. The molecule has 15 heteroatoms. The highest BCUT2D eigenvalue weighted by Crippen LogP contribution is 2.60. The lowest BCUT2D eigenvalue weighted by Gasteiger charge is -2.31. The van der Waals surface area contributed by atoms with Gasteiger partial charge in [0.05, 0.1) is 36.1 Å². The van der Waals surface area contributed by atoms with Gasteiger partial charge in [-0.15, -0.1) is 5.10 Å². The summed E-state index contributed by atoms with van der Waals surface area (Å²) in [5.74, 6) is -0.694. The molecular formula is C35H39FN6O7Si. The summed E-state index contributed by atoms with van der Waals surface area (Å²) >= 11 is 0. The molecule has 2 aliphatic heterocycles. The minimum atomic E-state index is -3.47. The molecule has 0 bridgehead atoms. The predicted molar refractivity (Wildman–Crippen MR) is 185 cm³/mol. The summed E-state index contributed by atoms with van der Waals surface area (Å²) < 4.78 is 29.7. The maximum atomic E-state index is 16.2. The fourth-order valence-corrected chi connectivity index (χ4v) is 9.88. The third-order valence-electron chi connectivity index (χ3n) is 9.66. The number of fused-ring (bicyclic) bond motifs is 2. The molecule has 50 heavy (non-hydrogen) atoms. The van der Waals surface area contributed by atoms with E-state index in [2.05, 4.69) is 15.6 Å². The molecule has 3 aromatic carbocycles. The number of methoxy groups -OCH3 is 1. The number of aliphatic hydroxyl groups is 1. The molecule has 0 radical (unpaired) electrons. The van der Waals surface area contributed by atoms with Gasteiger partial charge < -0.3 is 28.9 Å². The van der Waals surface area contributed by atoms with E-state index >= 15 is 4.11 Å². The van der Waals surface area contributed by atoms with E-state index in [9.17, 15) is 24.8 Å². The monoisotopic (exact) mass is 702 g/mol. The number of benzene rings is 3. The van der Waals surface area contributed by atoms with Crippen molar-refractivity contribution in [2.45, 2.75) is 63.2 Å². The van der Waals surface area contributed by atoms with Crippen LogP contribution in [0.2, 0.25) is 18.6 Å². The second kappa shape index (κ2) is 13.7. The number of aliphatic hydroxyl groups excluding tert-OH is 1. The number of nitro benzene ring substituents is 1. The zero-order valence-corrected chi connectivity index (χ0v) is 29.2. The molecule has 1 spiro atoms. The molecule has 262 valence electrons. The second-order valence-corrected chi connectivity index (χ2v) is 17.0. The van der Waals surface area contributed by atoms with Crippen molar-refractivity contribution in [2.75, 3.05) is 23.9 Å². The summed E-state index contributed by atoms with van der Waals surface area (Å²) in [5.41, 5.74) is 0.763. The topological polar surface area (TPSA) is 162 Å². The molecule has 4 atom stereocenters. The minimum absolute atomic E-state index is 0.0658. The molecule has 1 saturated heterocycles. The first kappa shape index (κ1) is 34.9. The molecule has 0 saturated carbocycles. The van der Waals surface area contributed by atoms with Gasteiger partial charge in [0.1, 0.15) is 5.75 Å². The van der Waals surface area contributed by atoms with Crippen LogP contribution in [0, 0.1) is 16.0 Å². The fourth-order valence-electron chi connectivity index (χ4n) is 7.33. The van der Waals surface area contributed by atoms with Crippen molar-refractivity contribution in [1.82, 2.24) is 15.0 Å². The lowest BCUT2D eigenvalue weighted by atomic mass is 9.82. The number of carbonyl (C=O) groups excluding carboxylic acids is 2. The molecule has 4 aromatic rings. The zero-order valence-electron chi connectivity index (χ0n) is 28.2. The molecule has 0 unspecified atom stereocenters. The third kappa shape index (κ3) is 6.51. The lowest BCUT2D eigenvalue weighted by Crippen LogP contribution is -2.45. The van der Waals surface area contributed by atoms with Crippen molar-refractivity contribution in [3.8, 4) is 5.75 Å². The van der Waals surface area contributed by atoms with Gasteiger partial charge >= 0.3 is 0 Å². The predicted octanol–water partition coefficient (Wildman–Crippen LogP) is 5.39. The molecule has 0 aliphatic carbocycles. The Bertz CT molecular complexity index is 1900. The fraction of sp³-hybridized carbons (Fsp3) is 0.371. The summed E-state index contributed by atoms with van der Waals surface area (Å²) in [6.07, 6.45) is 1.73. The Balaban J connectivity index is 1.27. The van der Waals surface area contributed by atoms with Crippen LogP contribution in [0.5, 0.6) is 5.75 Å². The molecule has 1 fully saturated rings. The second-order valence-electron chi connectivity index (χ2n) is 13.2. The van der Waals surface area contributed by atoms with E-state index in [-0.39, 0.29) is 24.7 Å². The molecule has 2 N–H and O–H groups in total. The highest BCUT2D eigenvalue weighted by atomic mass is 28.4. The van der Waals surface area contributed by atoms with E-state index < -0.39 is 42.4 Å². The van der Waals surface area contributed by atoms with Crippen LogP contribution in [0.1, 0.15) is 40.5 Å². The Morgan fingerprint density at radius 2 is 1.88 bits per heavy atom. The SMILES string of the molecule is COc1ccc(C(=O)Nc2ccc(CN3C(=O)[C@@]4(O[C@@H](CCn5cc(CCO)nn5)[C@H]([Si](C)(C)F)[C@H]4C)c4cc([N+](=O)[O-])ccc43)cc2)cc1. The minimum Gasteiger partial charge on any atom is -0.497 e. The van der Waals surface area contributed by atoms with Gasteiger partial charge in [-0.05, 0) is 67.5 Å². The summed E-state index contributed by atoms with van der Waals surface area (Å²) in [6.45, 7) is 5.39. The molecule has 1 aromatic heterocycles. The Morgan fingerprint density at radius 3 is 2.52 bits per heavy atom. The van der Waals surface area contributed by atoms with Crippen molar-refractivity contribution >= 4 is 37.3 Å². The number of aryl methyl sites for hydroxylation is 1. The normalized spacial score (nSPS) is 21.4. The van der Waals surface area contributed by atoms with Gasteiger partial charge in [0.25, 0.3) is 17.5 Å². The van der Waals surface area contributed by atoms with Crippen molar-refractivity contribution in [3.63, 3.8) is 0 Å². The average molecular weight is 703 g/mol. The van der Waals surface area contributed by atoms with Crippen LogP contribution in [-0.2, 0) is 34.6 Å². The standard InChI is InChI=1S/C35H39FN6O7Si/c1-22-32(50(3,4)36)31(15-17-40-21-26(16-18-43)38-39-40)49-35(22)29-19-27(42(46)47)11-14-30(29)41(34(35)45)20-23-5-9-25(10-6-23)37-33(44)24-7-12-28(48-2)13-8-24/h5-14,19,21-22,31-32,43H,15-18,20H2,1-4H3,(H,37,44)/t22-,31+,32-,35+/m1/s1. The van der Waals surface area contributed by atoms with Crippen molar-refractivity contribution < 1.29 is 33.2 Å². The summed E-state index contributed by atoms with van der Waals surface area (Å²) in [5, 5.41) is 32.2. The highest BCUT2D eigenvalue weighted by Gasteiger charge is 2.66. The largest absolute Gasteiger partial charge is 0.497 e. The highest BCUT2D eigenvalue weighted by molar-refractivity contribution is 6.72. The zero-order chi connectivity index (χ0) is 35.8. The number of halogens is 1. The van der Waals surface area contributed by atoms with Crippen molar-refractivity contribution in [1.29, 1.82) is 0 Å². The first-order chi connectivity index (χ1) is 23.8. The molecule has 2 aliphatic rings. The Labute approximate surface area is 289 Å². The Kier molecular flexibility index (Phi) is 9.57. The molecule has 3 heterocycles. The van der Waals surface area contributed by atoms with Gasteiger partial charge in [-0.2, -0.15) is 0 Å². The number of rotatable bonds is 12. The van der Waals surface area contributed by atoms with Crippen LogP contribution in [-0.4, -0.2) is 65.1 Å². The summed E-state index contributed by atoms with van der Waals surface area (Å²) in [7, 11) is -1.92. The molecule has 6 rings (SSSR count). The van der Waals surface area contributed by atoms with Crippen LogP contribution in [0.25, 0.3) is 0 Å². The number of hydrogen-bond donors (Lipinski definition) is 2. The van der Waals surface area contributed by atoms with Crippen LogP contribution >= 0.6 is 0 Å². The lowest BCUT2D eigenvalue weighted by molar-refractivity contribution is -0.385. The van der Waals surface area contributed by atoms with E-state index in [0.717, 1.165) is 5.56 Å². The number of non-ortho nitro benzene ring substituents is 1. The van der Waals surface area contributed by atoms with Gasteiger partial charge in [-0.25, -0.2) is 0 Å². The number of nitrogens with one attached hydrogen (secondary N) is 1. The molecular weight excluding hydrogens is 664 g/mol. The van der Waals surface area contributed by atoms with E-state index in [4.69, 9.17) is 9.47 Å². The van der Waals surface area contributed by atoms with Gasteiger partial charge in [0.2, 0.25) is 8.41 Å². The van der Waals surface area contributed by atoms with Crippen LogP contribution in [0.4, 0.5) is 21.2 Å². The van der Waals surface area contributed by atoms with Gasteiger partial charge in [0.15, 0.2) is 5.60 Å². The van der Waals surface area contributed by atoms with Gasteiger partial charge in [-0.3, -0.25) is 24.4 Å². The first-order valence-corrected chi connectivity index (χ1v) is 19.3. The van der Waals surface area contributed by atoms with Gasteiger partial charge in [-0.1, -0.05) is 24.3 Å². The van der Waals surface area contributed by atoms with E-state index in [1.54, 1.807) is 97.5 Å². The quantitative estimate of drug-likeness (QED) is 0.0853. The van der Waals surface area contributed by atoms with Crippen LogP contribution < -0.4 is 15.0 Å². The number of hydrogen-bond acceptors (Lipinski definition) is 9. The maximum Gasteiger partial charge on any atom is 0.269 e. The number of ether oxygens (including phenoxy) is 2. The number of aromatic nitrogens is 3. The third-order valence-corrected chi connectivity index (χ3v) is 12.1. The van der Waals surface area contributed by atoms with E-state index in [0.29, 0.717) is 53.3 Å². The van der Waals surface area contributed by atoms with Crippen LogP contribution in [0.3, 0.4) is 0 Å². The number of nitrogens with zero attached hydrogens (tertiary/aromatic N) is 5. The number of anilines is 2. The van der Waals surface area contributed by atoms with E-state index in [1.165, 1.54) is 12.1 Å².